The normalized spacial score (nSPS) is 37.2. The third kappa shape index (κ3) is 3.16. The van der Waals surface area contributed by atoms with Gasteiger partial charge in [0.25, 0.3) is 0 Å². The highest BCUT2D eigenvalue weighted by molar-refractivity contribution is 7.99. The average molecular weight is 258 g/mol. The van der Waals surface area contributed by atoms with Gasteiger partial charge < -0.3 is 10.5 Å². The zero-order valence-corrected chi connectivity index (χ0v) is 12.0. The van der Waals surface area contributed by atoms with Gasteiger partial charge in [-0.2, -0.15) is 11.8 Å². The molecule has 2 saturated heterocycles. The lowest BCUT2D eigenvalue weighted by atomic mass is 9.90. The molecular weight excluding hydrogens is 232 g/mol. The van der Waals surface area contributed by atoms with Crippen molar-refractivity contribution in [2.45, 2.75) is 37.8 Å². The zero-order valence-electron chi connectivity index (χ0n) is 11.2. The number of nitrogens with zero attached hydrogens (tertiary/aromatic N) is 1. The molecule has 17 heavy (non-hydrogen) atoms. The first-order valence-corrected chi connectivity index (χ1v) is 7.91. The molecule has 2 heterocycles. The minimum atomic E-state index is 0.0391. The van der Waals surface area contributed by atoms with E-state index in [-0.39, 0.29) is 5.60 Å². The van der Waals surface area contributed by atoms with E-state index in [1.165, 1.54) is 37.3 Å². The molecule has 2 aliphatic rings. The molecule has 0 amide bonds. The van der Waals surface area contributed by atoms with Crippen molar-refractivity contribution >= 4 is 11.8 Å². The molecule has 0 saturated carbocycles. The maximum absolute atomic E-state index is 6.02. The summed E-state index contributed by atoms with van der Waals surface area (Å²) < 4.78 is 5.68. The van der Waals surface area contributed by atoms with Crippen LogP contribution in [0.3, 0.4) is 0 Å². The average Bonchev–Trinajstić information content (AvgIpc) is 2.84. The van der Waals surface area contributed by atoms with E-state index < -0.39 is 0 Å². The fraction of sp³-hybridized carbons (Fsp3) is 1.00. The van der Waals surface area contributed by atoms with E-state index in [9.17, 15) is 0 Å². The van der Waals surface area contributed by atoms with Crippen LogP contribution in [-0.2, 0) is 4.74 Å². The minimum absolute atomic E-state index is 0.0391. The fourth-order valence-electron chi connectivity index (χ4n) is 3.19. The topological polar surface area (TPSA) is 38.5 Å². The van der Waals surface area contributed by atoms with Crippen molar-refractivity contribution in [1.82, 2.24) is 4.90 Å². The molecule has 0 aromatic rings. The second kappa shape index (κ2) is 5.91. The van der Waals surface area contributed by atoms with Gasteiger partial charge in [-0.25, -0.2) is 0 Å². The molecule has 0 bridgehead atoms. The quantitative estimate of drug-likeness (QED) is 0.831. The molecule has 3 atom stereocenters. The predicted octanol–water partition coefficient (Wildman–Crippen LogP) is 1.57. The van der Waals surface area contributed by atoms with Gasteiger partial charge in [-0.1, -0.05) is 0 Å². The number of piperidine rings is 1. The zero-order chi connectivity index (χ0) is 12.3. The SMILES string of the molecule is COC1(C)CCCN(C(CN)C2CCSC2)C1. The van der Waals surface area contributed by atoms with Gasteiger partial charge in [0.1, 0.15) is 0 Å². The Morgan fingerprint density at radius 1 is 1.59 bits per heavy atom. The van der Waals surface area contributed by atoms with E-state index >= 15 is 0 Å². The summed E-state index contributed by atoms with van der Waals surface area (Å²) in [5.74, 6) is 3.41. The van der Waals surface area contributed by atoms with Gasteiger partial charge in [-0.05, 0) is 50.2 Å². The number of rotatable bonds is 4. The van der Waals surface area contributed by atoms with Crippen LogP contribution in [-0.4, -0.2) is 54.8 Å². The molecule has 100 valence electrons. The van der Waals surface area contributed by atoms with E-state index in [2.05, 4.69) is 23.6 Å². The van der Waals surface area contributed by atoms with Crippen LogP contribution in [0.4, 0.5) is 0 Å². The summed E-state index contributed by atoms with van der Waals surface area (Å²) in [4.78, 5) is 2.59. The van der Waals surface area contributed by atoms with Crippen molar-refractivity contribution in [3.05, 3.63) is 0 Å². The van der Waals surface area contributed by atoms with Crippen LogP contribution >= 0.6 is 11.8 Å². The number of nitrogens with two attached hydrogens (primary N) is 1. The Morgan fingerprint density at radius 3 is 3.00 bits per heavy atom. The Hall–Kier alpha value is 0.230. The summed E-state index contributed by atoms with van der Waals surface area (Å²) in [6, 6.07) is 0.569. The van der Waals surface area contributed by atoms with Crippen LogP contribution in [0.2, 0.25) is 0 Å². The van der Waals surface area contributed by atoms with Crippen LogP contribution in [0.15, 0.2) is 0 Å². The molecule has 0 radical (unpaired) electrons. The Morgan fingerprint density at radius 2 is 2.41 bits per heavy atom. The molecule has 2 N–H and O–H groups in total. The first-order valence-electron chi connectivity index (χ1n) is 6.75. The number of ether oxygens (including phenoxy) is 1. The second-order valence-corrected chi connectivity index (χ2v) is 6.80. The van der Waals surface area contributed by atoms with Crippen molar-refractivity contribution in [2.24, 2.45) is 11.7 Å². The van der Waals surface area contributed by atoms with E-state index in [4.69, 9.17) is 10.5 Å². The third-order valence-electron chi connectivity index (χ3n) is 4.40. The number of hydrogen-bond donors (Lipinski definition) is 1. The number of methoxy groups -OCH3 is 1. The molecule has 2 rings (SSSR count). The van der Waals surface area contributed by atoms with Crippen molar-refractivity contribution in [2.75, 3.05) is 38.2 Å². The Labute approximate surface area is 109 Å². The lowest BCUT2D eigenvalue weighted by molar-refractivity contribution is -0.0652. The lowest BCUT2D eigenvalue weighted by Crippen LogP contribution is -2.55. The highest BCUT2D eigenvalue weighted by Crippen LogP contribution is 2.32. The summed E-state index contributed by atoms with van der Waals surface area (Å²) >= 11 is 2.08. The van der Waals surface area contributed by atoms with Gasteiger partial charge >= 0.3 is 0 Å². The Kier molecular flexibility index (Phi) is 4.75. The lowest BCUT2D eigenvalue weighted by Gasteiger charge is -2.44. The molecule has 2 fully saturated rings. The highest BCUT2D eigenvalue weighted by atomic mass is 32.2. The smallest absolute Gasteiger partial charge is 0.0777 e. The van der Waals surface area contributed by atoms with Crippen molar-refractivity contribution in [1.29, 1.82) is 0 Å². The van der Waals surface area contributed by atoms with Crippen molar-refractivity contribution < 1.29 is 4.74 Å². The van der Waals surface area contributed by atoms with Crippen molar-refractivity contribution in [3.8, 4) is 0 Å². The fourth-order valence-corrected chi connectivity index (χ4v) is 4.52. The first-order chi connectivity index (χ1) is 8.18. The molecule has 2 aliphatic heterocycles. The summed E-state index contributed by atoms with van der Waals surface area (Å²) in [6.07, 6.45) is 3.75. The molecule has 0 spiro atoms. The van der Waals surface area contributed by atoms with Crippen LogP contribution in [0.25, 0.3) is 0 Å². The van der Waals surface area contributed by atoms with E-state index in [0.717, 1.165) is 19.0 Å². The van der Waals surface area contributed by atoms with E-state index in [1.54, 1.807) is 0 Å². The maximum Gasteiger partial charge on any atom is 0.0777 e. The highest BCUT2D eigenvalue weighted by Gasteiger charge is 2.36. The van der Waals surface area contributed by atoms with Crippen LogP contribution in [0, 0.1) is 5.92 Å². The Bertz CT molecular complexity index is 246. The number of likely N-dealkylation sites (tertiary alicyclic amines) is 1. The van der Waals surface area contributed by atoms with Gasteiger partial charge in [0.15, 0.2) is 0 Å². The first kappa shape index (κ1) is 13.7. The van der Waals surface area contributed by atoms with Gasteiger partial charge in [0, 0.05) is 26.2 Å². The predicted molar refractivity (Wildman–Crippen MR) is 74.5 cm³/mol. The number of thioether (sulfide) groups is 1. The van der Waals surface area contributed by atoms with E-state index in [0.29, 0.717) is 6.04 Å². The summed E-state index contributed by atoms with van der Waals surface area (Å²) in [5, 5.41) is 0. The van der Waals surface area contributed by atoms with Gasteiger partial charge in [-0.3, -0.25) is 4.90 Å². The molecule has 3 nitrogen and oxygen atoms in total. The standard InChI is InChI=1S/C13H26N2OS/c1-13(16-2)5-3-6-15(10-13)12(8-14)11-4-7-17-9-11/h11-12H,3-10,14H2,1-2H3. The maximum atomic E-state index is 6.02. The van der Waals surface area contributed by atoms with Gasteiger partial charge in [0.2, 0.25) is 0 Å². The molecule has 0 aromatic heterocycles. The minimum Gasteiger partial charge on any atom is -0.377 e. The Balaban J connectivity index is 1.98. The van der Waals surface area contributed by atoms with Crippen molar-refractivity contribution in [3.63, 3.8) is 0 Å². The van der Waals surface area contributed by atoms with Gasteiger partial charge in [0.05, 0.1) is 5.60 Å². The van der Waals surface area contributed by atoms with Gasteiger partial charge in [-0.15, -0.1) is 0 Å². The summed E-state index contributed by atoms with van der Waals surface area (Å²) in [6.45, 7) is 5.27. The molecule has 0 aliphatic carbocycles. The molecule has 4 heteroatoms. The molecule has 3 unspecified atom stereocenters. The molecular formula is C13H26N2OS. The summed E-state index contributed by atoms with van der Waals surface area (Å²) in [7, 11) is 1.84. The third-order valence-corrected chi connectivity index (χ3v) is 5.59. The summed E-state index contributed by atoms with van der Waals surface area (Å²) in [5.41, 5.74) is 6.06. The molecule has 0 aromatic carbocycles. The second-order valence-electron chi connectivity index (χ2n) is 5.65. The van der Waals surface area contributed by atoms with Crippen LogP contribution < -0.4 is 5.73 Å². The van der Waals surface area contributed by atoms with E-state index in [1.807, 2.05) is 7.11 Å². The largest absolute Gasteiger partial charge is 0.377 e. The van der Waals surface area contributed by atoms with Crippen LogP contribution in [0.1, 0.15) is 26.2 Å². The van der Waals surface area contributed by atoms with Crippen LogP contribution in [0.5, 0.6) is 0 Å². The number of hydrogen-bond acceptors (Lipinski definition) is 4. The monoisotopic (exact) mass is 258 g/mol.